The Morgan fingerprint density at radius 1 is 1.35 bits per heavy atom. The molecule has 0 unspecified atom stereocenters. The zero-order valence-corrected chi connectivity index (χ0v) is 10.8. The van der Waals surface area contributed by atoms with Crippen molar-refractivity contribution in [2.24, 2.45) is 4.99 Å². The number of aryl methyl sites for hydroxylation is 1. The predicted octanol–water partition coefficient (Wildman–Crippen LogP) is 3.80. The van der Waals surface area contributed by atoms with Crippen LogP contribution in [0.5, 0.6) is 5.75 Å². The summed E-state index contributed by atoms with van der Waals surface area (Å²) in [5.41, 5.74) is 2.32. The molecule has 2 heteroatoms. The van der Waals surface area contributed by atoms with Gasteiger partial charge in [-0.25, -0.2) is 0 Å². The van der Waals surface area contributed by atoms with Gasteiger partial charge in [0.1, 0.15) is 5.75 Å². The van der Waals surface area contributed by atoms with Gasteiger partial charge in [0.2, 0.25) is 0 Å². The first-order valence-corrected chi connectivity index (χ1v) is 6.11. The molecule has 0 spiro atoms. The molecule has 0 saturated carbocycles. The smallest absolute Gasteiger partial charge is 0.119 e. The summed E-state index contributed by atoms with van der Waals surface area (Å²) < 4.78 is 5.64. The molecule has 92 valence electrons. The Morgan fingerprint density at radius 3 is 2.65 bits per heavy atom. The first kappa shape index (κ1) is 13.5. The fourth-order valence-electron chi connectivity index (χ4n) is 1.53. The molecule has 0 aliphatic carbocycles. The summed E-state index contributed by atoms with van der Waals surface area (Å²) in [5, 5.41) is 0. The summed E-state index contributed by atoms with van der Waals surface area (Å²) in [7, 11) is 0. The summed E-state index contributed by atoms with van der Waals surface area (Å²) in [6.07, 6.45) is 3.73. The van der Waals surface area contributed by atoms with Gasteiger partial charge in [-0.05, 0) is 44.9 Å². The lowest BCUT2D eigenvalue weighted by molar-refractivity contribution is 0.313. The van der Waals surface area contributed by atoms with Gasteiger partial charge >= 0.3 is 0 Å². The first-order valence-electron chi connectivity index (χ1n) is 6.11. The van der Waals surface area contributed by atoms with E-state index in [2.05, 4.69) is 30.6 Å². The number of ether oxygens (including phenoxy) is 1. The lowest BCUT2D eigenvalue weighted by atomic mass is 10.2. The minimum absolute atomic E-state index is 0.722. The lowest BCUT2D eigenvalue weighted by Gasteiger charge is -2.06. The lowest BCUT2D eigenvalue weighted by Crippen LogP contribution is -2.02. The second-order valence-corrected chi connectivity index (χ2v) is 3.93. The third kappa shape index (κ3) is 5.34. The highest BCUT2D eigenvalue weighted by Crippen LogP contribution is 2.11. The molecule has 1 aromatic carbocycles. The minimum atomic E-state index is 0.722. The molecule has 0 amide bonds. The van der Waals surface area contributed by atoms with Crippen LogP contribution in [-0.4, -0.2) is 18.9 Å². The summed E-state index contributed by atoms with van der Waals surface area (Å²) in [5.74, 6) is 0.934. The van der Waals surface area contributed by atoms with E-state index in [0.29, 0.717) is 0 Å². The van der Waals surface area contributed by atoms with Crippen LogP contribution in [0.1, 0.15) is 25.3 Å². The summed E-state index contributed by atoms with van der Waals surface area (Å²) >= 11 is 0. The SMILES string of the molecule is C=CC(CCCOc1ccc(C)cc1)=NCC. The van der Waals surface area contributed by atoms with E-state index in [1.54, 1.807) is 0 Å². The maximum absolute atomic E-state index is 5.64. The zero-order chi connectivity index (χ0) is 12.5. The van der Waals surface area contributed by atoms with Crippen LogP contribution >= 0.6 is 0 Å². The van der Waals surface area contributed by atoms with E-state index in [1.165, 1.54) is 5.56 Å². The molecule has 0 radical (unpaired) electrons. The Bertz CT molecular complexity index is 365. The maximum Gasteiger partial charge on any atom is 0.119 e. The molecule has 0 aromatic heterocycles. The normalized spacial score (nSPS) is 11.3. The molecule has 1 rings (SSSR count). The van der Waals surface area contributed by atoms with Crippen molar-refractivity contribution in [2.75, 3.05) is 13.2 Å². The fourth-order valence-corrected chi connectivity index (χ4v) is 1.53. The molecular weight excluding hydrogens is 210 g/mol. The third-order valence-corrected chi connectivity index (χ3v) is 2.46. The second kappa shape index (κ2) is 7.66. The fraction of sp³-hybridized carbons (Fsp3) is 0.400. The Morgan fingerprint density at radius 2 is 2.06 bits per heavy atom. The van der Waals surface area contributed by atoms with Gasteiger partial charge in [0.05, 0.1) is 6.61 Å². The number of benzene rings is 1. The highest BCUT2D eigenvalue weighted by atomic mass is 16.5. The molecule has 2 nitrogen and oxygen atoms in total. The van der Waals surface area contributed by atoms with Gasteiger partial charge < -0.3 is 4.74 Å². The Hall–Kier alpha value is -1.57. The van der Waals surface area contributed by atoms with E-state index in [9.17, 15) is 0 Å². The average Bonchev–Trinajstić information content (AvgIpc) is 2.35. The number of hydrogen-bond donors (Lipinski definition) is 0. The summed E-state index contributed by atoms with van der Waals surface area (Å²) in [4.78, 5) is 4.34. The molecular formula is C15H21NO. The standard InChI is InChI=1S/C15H21NO/c1-4-14(16-5-2)7-6-12-17-15-10-8-13(3)9-11-15/h4,8-11H,1,5-7,12H2,2-3H3. The van der Waals surface area contributed by atoms with Crippen molar-refractivity contribution in [3.63, 3.8) is 0 Å². The van der Waals surface area contributed by atoms with Gasteiger partial charge in [0, 0.05) is 12.3 Å². The Labute approximate surface area is 104 Å². The monoisotopic (exact) mass is 231 g/mol. The molecule has 0 aliphatic heterocycles. The van der Waals surface area contributed by atoms with Crippen LogP contribution < -0.4 is 4.74 Å². The Kier molecular flexibility index (Phi) is 6.08. The van der Waals surface area contributed by atoms with E-state index in [1.807, 2.05) is 25.1 Å². The van der Waals surface area contributed by atoms with Crippen LogP contribution in [0.4, 0.5) is 0 Å². The largest absolute Gasteiger partial charge is 0.494 e. The Balaban J connectivity index is 2.26. The van der Waals surface area contributed by atoms with Gasteiger partial charge in [0.25, 0.3) is 0 Å². The van der Waals surface area contributed by atoms with E-state index in [-0.39, 0.29) is 0 Å². The van der Waals surface area contributed by atoms with Crippen LogP contribution in [-0.2, 0) is 0 Å². The maximum atomic E-state index is 5.64. The number of nitrogens with zero attached hydrogens (tertiary/aromatic N) is 1. The van der Waals surface area contributed by atoms with Crippen molar-refractivity contribution in [2.45, 2.75) is 26.7 Å². The van der Waals surface area contributed by atoms with Gasteiger partial charge in [0.15, 0.2) is 0 Å². The molecule has 0 bridgehead atoms. The van der Waals surface area contributed by atoms with Crippen molar-refractivity contribution >= 4 is 5.71 Å². The van der Waals surface area contributed by atoms with Gasteiger partial charge in [-0.3, -0.25) is 4.99 Å². The van der Waals surface area contributed by atoms with Gasteiger partial charge in [-0.1, -0.05) is 24.3 Å². The molecule has 0 aliphatic rings. The van der Waals surface area contributed by atoms with Gasteiger partial charge in [-0.2, -0.15) is 0 Å². The summed E-state index contributed by atoms with van der Waals surface area (Å²) in [6, 6.07) is 8.12. The highest BCUT2D eigenvalue weighted by molar-refractivity contribution is 5.94. The quantitative estimate of drug-likeness (QED) is 0.516. The van der Waals surface area contributed by atoms with Crippen LogP contribution in [0.15, 0.2) is 41.9 Å². The number of rotatable bonds is 7. The van der Waals surface area contributed by atoms with Crippen LogP contribution in [0.3, 0.4) is 0 Å². The van der Waals surface area contributed by atoms with Crippen molar-refractivity contribution in [3.8, 4) is 5.75 Å². The molecule has 0 atom stereocenters. The van der Waals surface area contributed by atoms with Crippen LogP contribution in [0.2, 0.25) is 0 Å². The van der Waals surface area contributed by atoms with Crippen molar-refractivity contribution in [1.29, 1.82) is 0 Å². The van der Waals surface area contributed by atoms with E-state index in [0.717, 1.165) is 37.5 Å². The van der Waals surface area contributed by atoms with E-state index < -0.39 is 0 Å². The number of hydrogen-bond acceptors (Lipinski definition) is 2. The molecule has 0 heterocycles. The van der Waals surface area contributed by atoms with E-state index in [4.69, 9.17) is 4.74 Å². The van der Waals surface area contributed by atoms with Crippen LogP contribution in [0.25, 0.3) is 0 Å². The number of allylic oxidation sites excluding steroid dienone is 1. The second-order valence-electron chi connectivity index (χ2n) is 3.93. The minimum Gasteiger partial charge on any atom is -0.494 e. The molecule has 0 N–H and O–H groups in total. The highest BCUT2D eigenvalue weighted by Gasteiger charge is 1.96. The van der Waals surface area contributed by atoms with E-state index >= 15 is 0 Å². The topological polar surface area (TPSA) is 21.6 Å². The first-order chi connectivity index (χ1) is 8.26. The molecule has 1 aromatic rings. The van der Waals surface area contributed by atoms with Gasteiger partial charge in [-0.15, -0.1) is 0 Å². The average molecular weight is 231 g/mol. The summed E-state index contributed by atoms with van der Waals surface area (Å²) in [6.45, 7) is 9.40. The number of aliphatic imine (C=N–C) groups is 1. The zero-order valence-electron chi connectivity index (χ0n) is 10.8. The molecule has 0 saturated heterocycles. The van der Waals surface area contributed by atoms with Crippen LogP contribution in [0, 0.1) is 6.92 Å². The van der Waals surface area contributed by atoms with Crippen molar-refractivity contribution < 1.29 is 4.74 Å². The van der Waals surface area contributed by atoms with Crippen molar-refractivity contribution in [3.05, 3.63) is 42.5 Å². The third-order valence-electron chi connectivity index (χ3n) is 2.46. The predicted molar refractivity (Wildman–Crippen MR) is 74.1 cm³/mol. The van der Waals surface area contributed by atoms with Crippen molar-refractivity contribution in [1.82, 2.24) is 0 Å². The molecule has 0 fully saturated rings. The molecule has 17 heavy (non-hydrogen) atoms.